The molecule has 1 aromatic carbocycles. The molecule has 6 heteroatoms. The van der Waals surface area contributed by atoms with Crippen molar-refractivity contribution in [3.05, 3.63) is 36.7 Å². The van der Waals surface area contributed by atoms with Crippen LogP contribution in [-0.2, 0) is 4.79 Å². The van der Waals surface area contributed by atoms with Gasteiger partial charge in [0.25, 0.3) is 0 Å². The van der Waals surface area contributed by atoms with E-state index < -0.39 is 0 Å². The Hall–Kier alpha value is -1.95. The molecule has 27 heavy (non-hydrogen) atoms. The Morgan fingerprint density at radius 1 is 1.26 bits per heavy atom. The van der Waals surface area contributed by atoms with Crippen LogP contribution in [0.3, 0.4) is 0 Å². The summed E-state index contributed by atoms with van der Waals surface area (Å²) in [5.41, 5.74) is 0.991. The number of fused-ring (bicyclic) bond motifs is 1. The van der Waals surface area contributed by atoms with Gasteiger partial charge >= 0.3 is 0 Å². The van der Waals surface area contributed by atoms with Crippen molar-refractivity contribution in [1.82, 2.24) is 14.5 Å². The zero-order valence-electron chi connectivity index (χ0n) is 15.8. The minimum Gasteiger partial charge on any atom is -0.497 e. The van der Waals surface area contributed by atoms with Gasteiger partial charge < -0.3 is 9.64 Å². The van der Waals surface area contributed by atoms with Gasteiger partial charge in [0.15, 0.2) is 5.16 Å². The van der Waals surface area contributed by atoms with Crippen LogP contribution in [0.2, 0.25) is 0 Å². The summed E-state index contributed by atoms with van der Waals surface area (Å²) in [6.07, 6.45) is 10.2. The minimum absolute atomic E-state index is 0.240. The number of thioether (sulfide) groups is 1. The lowest BCUT2D eigenvalue weighted by Gasteiger charge is -2.41. The molecule has 1 aliphatic heterocycles. The van der Waals surface area contributed by atoms with E-state index in [1.54, 1.807) is 13.3 Å². The van der Waals surface area contributed by atoms with E-state index in [2.05, 4.69) is 9.88 Å². The van der Waals surface area contributed by atoms with Gasteiger partial charge in [-0.1, -0.05) is 37.1 Å². The second-order valence-electron chi connectivity index (χ2n) is 7.50. The maximum Gasteiger partial charge on any atom is 0.233 e. The van der Waals surface area contributed by atoms with Gasteiger partial charge in [0.2, 0.25) is 5.91 Å². The van der Waals surface area contributed by atoms with Crippen LogP contribution in [0, 0.1) is 11.8 Å². The largest absolute Gasteiger partial charge is 0.497 e. The Labute approximate surface area is 165 Å². The number of amides is 1. The lowest BCUT2D eigenvalue weighted by molar-refractivity contribution is -0.131. The summed E-state index contributed by atoms with van der Waals surface area (Å²) >= 11 is 1.51. The number of nitrogens with zero attached hydrogens (tertiary/aromatic N) is 3. The van der Waals surface area contributed by atoms with E-state index >= 15 is 0 Å². The number of ether oxygens (including phenoxy) is 1. The molecule has 1 saturated carbocycles. The Balaban J connectivity index is 1.38. The normalized spacial score (nSPS) is 22.3. The highest BCUT2D eigenvalue weighted by molar-refractivity contribution is 7.99. The smallest absolute Gasteiger partial charge is 0.233 e. The third-order valence-corrected chi connectivity index (χ3v) is 6.86. The van der Waals surface area contributed by atoms with Gasteiger partial charge in [-0.3, -0.25) is 9.36 Å². The summed E-state index contributed by atoms with van der Waals surface area (Å²) in [5.74, 6) is 3.06. The molecule has 144 valence electrons. The van der Waals surface area contributed by atoms with E-state index in [1.807, 2.05) is 35.0 Å². The number of methoxy groups -OCH3 is 1. The molecule has 1 amide bonds. The third kappa shape index (κ3) is 4.15. The molecule has 4 rings (SSSR count). The van der Waals surface area contributed by atoms with E-state index in [-0.39, 0.29) is 5.91 Å². The predicted molar refractivity (Wildman–Crippen MR) is 107 cm³/mol. The van der Waals surface area contributed by atoms with Crippen LogP contribution in [-0.4, -0.2) is 46.3 Å². The van der Waals surface area contributed by atoms with E-state index in [1.165, 1.54) is 43.9 Å². The van der Waals surface area contributed by atoms with Crippen LogP contribution in [0.4, 0.5) is 0 Å². The molecule has 0 radical (unpaired) electrons. The third-order valence-electron chi connectivity index (χ3n) is 5.91. The van der Waals surface area contributed by atoms with Crippen molar-refractivity contribution in [3.63, 3.8) is 0 Å². The van der Waals surface area contributed by atoms with Crippen molar-refractivity contribution in [2.24, 2.45) is 11.8 Å². The molecule has 2 atom stereocenters. The maximum absolute atomic E-state index is 12.8. The molecular formula is C21H27N3O2S. The number of aromatic nitrogens is 2. The zero-order chi connectivity index (χ0) is 18.6. The van der Waals surface area contributed by atoms with Crippen LogP contribution >= 0.6 is 11.8 Å². The van der Waals surface area contributed by atoms with Gasteiger partial charge in [-0.05, 0) is 36.8 Å². The zero-order valence-corrected chi connectivity index (χ0v) is 16.7. The molecular weight excluding hydrogens is 358 g/mol. The van der Waals surface area contributed by atoms with Crippen LogP contribution in [0.25, 0.3) is 5.69 Å². The number of likely N-dealkylation sites (tertiary alicyclic amines) is 1. The second kappa shape index (κ2) is 8.38. The Morgan fingerprint density at radius 2 is 2.11 bits per heavy atom. The highest BCUT2D eigenvalue weighted by Crippen LogP contribution is 2.36. The fourth-order valence-corrected chi connectivity index (χ4v) is 5.27. The molecule has 2 heterocycles. The fraction of sp³-hybridized carbons (Fsp3) is 0.524. The van der Waals surface area contributed by atoms with Crippen molar-refractivity contribution >= 4 is 17.7 Å². The number of hydrogen-bond acceptors (Lipinski definition) is 4. The van der Waals surface area contributed by atoms with E-state index in [0.717, 1.165) is 41.5 Å². The van der Waals surface area contributed by atoms with Gasteiger partial charge in [-0.15, -0.1) is 0 Å². The summed E-state index contributed by atoms with van der Waals surface area (Å²) in [6, 6.07) is 7.87. The van der Waals surface area contributed by atoms with Crippen LogP contribution in [0.1, 0.15) is 32.1 Å². The monoisotopic (exact) mass is 385 g/mol. The first-order valence-electron chi connectivity index (χ1n) is 9.83. The molecule has 2 aliphatic rings. The highest BCUT2D eigenvalue weighted by atomic mass is 32.2. The summed E-state index contributed by atoms with van der Waals surface area (Å²) < 4.78 is 7.32. The van der Waals surface area contributed by atoms with Crippen LogP contribution < -0.4 is 4.74 Å². The molecule has 1 saturated heterocycles. The Morgan fingerprint density at radius 3 is 2.96 bits per heavy atom. The lowest BCUT2D eigenvalue weighted by Crippen LogP contribution is -2.45. The molecule has 0 bridgehead atoms. The molecule has 0 spiro atoms. The number of carbonyl (C=O) groups is 1. The number of imidazole rings is 1. The van der Waals surface area contributed by atoms with Gasteiger partial charge in [-0.2, -0.15) is 0 Å². The minimum atomic E-state index is 0.240. The van der Waals surface area contributed by atoms with Gasteiger partial charge in [0, 0.05) is 31.5 Å². The number of rotatable bonds is 5. The maximum atomic E-state index is 12.8. The summed E-state index contributed by atoms with van der Waals surface area (Å²) in [5, 5.41) is 0.837. The SMILES string of the molecule is COc1cccc(-n2ccnc2SCC(=O)N2CC[C@@H]3CCCC[C@H]3C2)c1. The predicted octanol–water partition coefficient (Wildman–Crippen LogP) is 4.01. The fourth-order valence-electron chi connectivity index (χ4n) is 4.40. The van der Waals surface area contributed by atoms with Gasteiger partial charge in [0.05, 0.1) is 18.6 Å². The number of benzene rings is 1. The van der Waals surface area contributed by atoms with Crippen LogP contribution in [0.5, 0.6) is 5.75 Å². The van der Waals surface area contributed by atoms with Crippen molar-refractivity contribution in [3.8, 4) is 11.4 Å². The van der Waals surface area contributed by atoms with Crippen molar-refractivity contribution in [2.75, 3.05) is 26.0 Å². The number of hydrogen-bond donors (Lipinski definition) is 0. The van der Waals surface area contributed by atoms with Crippen molar-refractivity contribution in [2.45, 2.75) is 37.3 Å². The Bertz CT molecular complexity index is 791. The molecule has 5 nitrogen and oxygen atoms in total. The molecule has 0 unspecified atom stereocenters. The van der Waals surface area contributed by atoms with Gasteiger partial charge in [0.1, 0.15) is 5.75 Å². The molecule has 0 N–H and O–H groups in total. The first-order chi connectivity index (χ1) is 13.2. The number of carbonyl (C=O) groups excluding carboxylic acids is 1. The summed E-state index contributed by atoms with van der Waals surface area (Å²) in [7, 11) is 1.66. The average Bonchev–Trinajstić information content (AvgIpc) is 3.20. The average molecular weight is 386 g/mol. The molecule has 1 aliphatic carbocycles. The quantitative estimate of drug-likeness (QED) is 0.730. The lowest BCUT2D eigenvalue weighted by atomic mass is 9.75. The van der Waals surface area contributed by atoms with Crippen molar-refractivity contribution in [1.29, 1.82) is 0 Å². The topological polar surface area (TPSA) is 47.4 Å². The standard InChI is InChI=1S/C21H27N3O2S/c1-26-19-8-4-7-18(13-19)24-12-10-22-21(24)27-15-20(25)23-11-9-16-5-2-3-6-17(16)14-23/h4,7-8,10,12-13,16-17H,2-3,5-6,9,11,14-15H2,1H3/t16-,17-/m0/s1. The molecule has 1 aromatic heterocycles. The number of piperidine rings is 1. The highest BCUT2D eigenvalue weighted by Gasteiger charge is 2.32. The van der Waals surface area contributed by atoms with E-state index in [4.69, 9.17) is 4.74 Å². The second-order valence-corrected chi connectivity index (χ2v) is 8.45. The summed E-state index contributed by atoms with van der Waals surface area (Å²) in [4.78, 5) is 19.3. The van der Waals surface area contributed by atoms with E-state index in [0.29, 0.717) is 5.75 Å². The Kier molecular flexibility index (Phi) is 5.72. The molecule has 2 aromatic rings. The van der Waals surface area contributed by atoms with Crippen LogP contribution in [0.15, 0.2) is 41.8 Å². The molecule has 2 fully saturated rings. The van der Waals surface area contributed by atoms with Gasteiger partial charge in [-0.25, -0.2) is 4.98 Å². The first-order valence-corrected chi connectivity index (χ1v) is 10.8. The first kappa shape index (κ1) is 18.4. The summed E-state index contributed by atoms with van der Waals surface area (Å²) in [6.45, 7) is 1.87. The van der Waals surface area contributed by atoms with Crippen molar-refractivity contribution < 1.29 is 9.53 Å². The van der Waals surface area contributed by atoms with E-state index in [9.17, 15) is 4.79 Å².